The lowest BCUT2D eigenvalue weighted by atomic mass is 10.2. The average Bonchev–Trinajstić information content (AvgIpc) is 3.23. The first-order valence-electron chi connectivity index (χ1n) is 21.9. The predicted molar refractivity (Wildman–Crippen MR) is 238 cm³/mol. The first-order chi connectivity index (χ1) is 30.6. The summed E-state index contributed by atoms with van der Waals surface area (Å²) in [5.74, 6) is -6.60. The van der Waals surface area contributed by atoms with Gasteiger partial charge in [0.2, 0.25) is 41.4 Å². The molecule has 1 heterocycles. The molecule has 0 atom stereocenters. The van der Waals surface area contributed by atoms with Gasteiger partial charge in [0.25, 0.3) is 0 Å². The molecule has 0 aromatic heterocycles. The van der Waals surface area contributed by atoms with E-state index in [1.165, 1.54) is 40.1 Å². The van der Waals surface area contributed by atoms with Gasteiger partial charge in [-0.3, -0.25) is 67.5 Å². The molecule has 7 amide bonds. The number of rotatable bonds is 25. The molecule has 0 aromatic carbocycles. The second kappa shape index (κ2) is 33.1. The molecule has 24 heteroatoms. The van der Waals surface area contributed by atoms with Crippen molar-refractivity contribution in [3.63, 3.8) is 0 Å². The van der Waals surface area contributed by atoms with Crippen LogP contribution < -0.4 is 10.6 Å². The smallest absolute Gasteiger partial charge is 0.317 e. The Balaban J connectivity index is 0.0000202. The average molecular weight is 930 g/mol. The van der Waals surface area contributed by atoms with Gasteiger partial charge in [-0.05, 0) is 6.42 Å². The minimum atomic E-state index is -1.07. The predicted octanol–water partition coefficient (Wildman–Crippen LogP) is -3.41. The molecule has 0 radical (unpaired) electrons. The molecule has 0 bridgehead atoms. The number of unbranched alkanes of at least 4 members (excludes halogenated alkanes) is 2. The summed E-state index contributed by atoms with van der Waals surface area (Å²) in [4.78, 5) is 136. The van der Waals surface area contributed by atoms with E-state index in [0.29, 0.717) is 6.54 Å². The largest absolute Gasteiger partial charge is 0.480 e. The van der Waals surface area contributed by atoms with Gasteiger partial charge in [-0.25, -0.2) is 0 Å². The summed E-state index contributed by atoms with van der Waals surface area (Å²) in [5, 5.41) is 33.6. The molecule has 5 N–H and O–H groups in total. The van der Waals surface area contributed by atoms with Gasteiger partial charge in [0, 0.05) is 107 Å². The zero-order valence-corrected chi connectivity index (χ0v) is 39.7. The van der Waals surface area contributed by atoms with Crippen LogP contribution in [-0.4, -0.2) is 278 Å². The van der Waals surface area contributed by atoms with Gasteiger partial charge in [-0.2, -0.15) is 0 Å². The second-order valence-corrected chi connectivity index (χ2v) is 15.7. The molecule has 0 aromatic rings. The normalized spacial score (nSPS) is 14.2. The summed E-state index contributed by atoms with van der Waals surface area (Å²) in [6.45, 7) is 5.65. The molecule has 0 saturated carbocycles. The van der Waals surface area contributed by atoms with Gasteiger partial charge in [0.05, 0.1) is 58.9 Å². The van der Waals surface area contributed by atoms with Crippen molar-refractivity contribution in [1.29, 1.82) is 0 Å². The first-order valence-corrected chi connectivity index (χ1v) is 21.9. The van der Waals surface area contributed by atoms with Crippen molar-refractivity contribution in [2.75, 3.05) is 160 Å². The second-order valence-electron chi connectivity index (χ2n) is 15.7. The fraction of sp³-hybridized carbons (Fsp3) is 0.756. The molecule has 0 spiro atoms. The van der Waals surface area contributed by atoms with Gasteiger partial charge in [-0.15, -0.1) is 0 Å². The number of hydrogen-bond acceptors (Lipinski definition) is 14. The maximum atomic E-state index is 13.0. The van der Waals surface area contributed by atoms with Crippen LogP contribution in [0.2, 0.25) is 0 Å². The van der Waals surface area contributed by atoms with Crippen LogP contribution in [0.4, 0.5) is 0 Å². The third kappa shape index (κ3) is 27.5. The summed E-state index contributed by atoms with van der Waals surface area (Å²) in [6, 6.07) is 0. The number of aliphatic carboxylic acids is 3. The lowest BCUT2D eigenvalue weighted by Gasteiger charge is -2.32. The highest BCUT2D eigenvalue weighted by atomic mass is 16.4. The Labute approximate surface area is 382 Å². The van der Waals surface area contributed by atoms with Crippen molar-refractivity contribution >= 4 is 59.3 Å². The Morgan fingerprint density at radius 2 is 0.708 bits per heavy atom. The van der Waals surface area contributed by atoms with Gasteiger partial charge in [-0.1, -0.05) is 33.6 Å². The quantitative estimate of drug-likeness (QED) is 0.0558. The topological polar surface area (TPSA) is 285 Å². The Morgan fingerprint density at radius 1 is 0.415 bits per heavy atom. The Morgan fingerprint density at radius 3 is 1.03 bits per heavy atom. The number of amides is 7. The van der Waals surface area contributed by atoms with Crippen molar-refractivity contribution < 1.29 is 63.3 Å². The summed E-state index contributed by atoms with van der Waals surface area (Å²) < 4.78 is 0. The summed E-state index contributed by atoms with van der Waals surface area (Å²) in [6.07, 6.45) is 2.66. The highest BCUT2D eigenvalue weighted by Gasteiger charge is 2.25. The van der Waals surface area contributed by atoms with E-state index in [2.05, 4.69) is 10.6 Å². The Hall–Kier alpha value is -5.46. The van der Waals surface area contributed by atoms with Crippen LogP contribution in [0.5, 0.6) is 0 Å². The van der Waals surface area contributed by atoms with E-state index in [1.54, 1.807) is 19.6 Å². The zero-order chi connectivity index (χ0) is 49.6. The Bertz CT molecular complexity index is 1540. The molecular weight excluding hydrogens is 855 g/mol. The van der Waals surface area contributed by atoms with E-state index in [0.717, 1.165) is 38.9 Å². The van der Waals surface area contributed by atoms with Crippen molar-refractivity contribution in [1.82, 2.24) is 54.7 Å². The number of carboxylic acids is 3. The molecular formula is C41H75N11O13. The summed E-state index contributed by atoms with van der Waals surface area (Å²) in [7, 11) is 6.97. The lowest BCUT2D eigenvalue weighted by Crippen LogP contribution is -2.50. The van der Waals surface area contributed by atoms with Crippen LogP contribution >= 0.6 is 0 Å². The molecule has 65 heavy (non-hydrogen) atoms. The van der Waals surface area contributed by atoms with Gasteiger partial charge in [0.15, 0.2) is 0 Å². The van der Waals surface area contributed by atoms with Crippen LogP contribution in [-0.2, 0) is 47.9 Å². The molecule has 0 unspecified atom stereocenters. The molecule has 1 aliphatic rings. The fourth-order valence-corrected chi connectivity index (χ4v) is 6.15. The number of likely N-dealkylation sites (N-methyl/N-ethyl adjacent to an activating group) is 5. The Kier molecular flexibility index (Phi) is 30.3. The number of nitrogens with one attached hydrogen (secondary N) is 2. The van der Waals surface area contributed by atoms with Crippen LogP contribution in [0.25, 0.3) is 0 Å². The van der Waals surface area contributed by atoms with E-state index < -0.39 is 59.9 Å². The standard InChI is InChI=1S/C39H69N11O13.C2H6/c1-7-8-9-11-40-30(51)21-42(2)33(54)24-44(4)35(56)26-46(6)36(57)25-45(5)34(55)23-43(3)32(53)10-12-41-31(52)22-47-13-15-48(27-37(58)59)17-19-50(29-39(62)63)20-18-49(16-14-47)28-38(60)61;1-2/h7-29H2,1-6H3,(H,40,51)(H,41,52)(H,58,59)(H,60,61)(H,62,63);1-2H3. The molecule has 372 valence electrons. The van der Waals surface area contributed by atoms with Crippen molar-refractivity contribution in [3.05, 3.63) is 0 Å². The highest BCUT2D eigenvalue weighted by Crippen LogP contribution is 2.03. The minimum absolute atomic E-state index is 0.0718. The lowest BCUT2D eigenvalue weighted by molar-refractivity contribution is -0.145. The van der Waals surface area contributed by atoms with Crippen molar-refractivity contribution in [2.45, 2.75) is 46.5 Å². The van der Waals surface area contributed by atoms with Crippen LogP contribution in [0.3, 0.4) is 0 Å². The van der Waals surface area contributed by atoms with Crippen LogP contribution in [0.15, 0.2) is 0 Å². The molecule has 1 rings (SSSR count). The number of nitrogens with zero attached hydrogens (tertiary/aromatic N) is 9. The minimum Gasteiger partial charge on any atom is -0.480 e. The number of carboxylic acid groups (broad SMARTS) is 3. The molecule has 1 aliphatic heterocycles. The molecule has 1 fully saturated rings. The van der Waals surface area contributed by atoms with E-state index in [1.807, 2.05) is 20.8 Å². The van der Waals surface area contributed by atoms with Crippen LogP contribution in [0, 0.1) is 0 Å². The van der Waals surface area contributed by atoms with E-state index >= 15 is 0 Å². The maximum Gasteiger partial charge on any atom is 0.317 e. The van der Waals surface area contributed by atoms with Gasteiger partial charge < -0.3 is 50.5 Å². The van der Waals surface area contributed by atoms with Crippen LogP contribution in [0.1, 0.15) is 46.5 Å². The van der Waals surface area contributed by atoms with E-state index in [9.17, 15) is 63.3 Å². The third-order valence-electron chi connectivity index (χ3n) is 10.1. The zero-order valence-electron chi connectivity index (χ0n) is 39.7. The number of carbonyl (C=O) groups excluding carboxylic acids is 7. The third-order valence-corrected chi connectivity index (χ3v) is 10.1. The van der Waals surface area contributed by atoms with E-state index in [4.69, 9.17) is 0 Å². The SMILES string of the molecule is CC.CCCCCNC(=O)CN(C)C(=O)CN(C)C(=O)CN(C)C(=O)CN(C)C(=O)CN(C)C(=O)CCNC(=O)CN1CCN(CC(=O)O)CCN(CC(=O)O)CCN(CC(=O)O)CC1. The molecule has 24 nitrogen and oxygen atoms in total. The van der Waals surface area contributed by atoms with E-state index in [-0.39, 0.29) is 124 Å². The fourth-order valence-electron chi connectivity index (χ4n) is 6.15. The summed E-state index contributed by atoms with van der Waals surface area (Å²) in [5.41, 5.74) is 0. The first kappa shape index (κ1) is 59.5. The summed E-state index contributed by atoms with van der Waals surface area (Å²) >= 11 is 0. The highest BCUT2D eigenvalue weighted by molar-refractivity contribution is 5.92. The number of carbonyl (C=O) groups is 10. The van der Waals surface area contributed by atoms with Gasteiger partial charge in [0.1, 0.15) is 0 Å². The van der Waals surface area contributed by atoms with Crippen molar-refractivity contribution in [2.24, 2.45) is 0 Å². The molecule has 1 saturated heterocycles. The number of hydrogen-bond donors (Lipinski definition) is 5. The monoisotopic (exact) mass is 930 g/mol. The maximum absolute atomic E-state index is 13.0. The van der Waals surface area contributed by atoms with Crippen molar-refractivity contribution in [3.8, 4) is 0 Å². The van der Waals surface area contributed by atoms with Gasteiger partial charge >= 0.3 is 17.9 Å². The molecule has 0 aliphatic carbocycles.